The monoisotopic (exact) mass is 354 g/mol. The molecule has 1 aromatic carbocycles. The van der Waals surface area contributed by atoms with Crippen LogP contribution in [0.4, 0.5) is 5.00 Å². The van der Waals surface area contributed by atoms with E-state index in [-0.39, 0.29) is 6.61 Å². The lowest BCUT2D eigenvalue weighted by Crippen LogP contribution is -2.20. The fourth-order valence-corrected chi connectivity index (χ4v) is 4.29. The number of benzene rings is 1. The van der Waals surface area contributed by atoms with Gasteiger partial charge in [-0.15, -0.1) is 11.3 Å². The Morgan fingerprint density at radius 3 is 2.84 bits per heavy atom. The summed E-state index contributed by atoms with van der Waals surface area (Å²) in [6, 6.07) is 10.7. The first-order chi connectivity index (χ1) is 12.1. The Labute approximate surface area is 150 Å². The predicted molar refractivity (Wildman–Crippen MR) is 95.6 cm³/mol. The van der Waals surface area contributed by atoms with Crippen LogP contribution in [0.15, 0.2) is 30.3 Å². The number of fused-ring (bicyclic) bond motifs is 1. The lowest BCUT2D eigenvalue weighted by molar-refractivity contribution is -0.119. The first kappa shape index (κ1) is 17.2. The summed E-state index contributed by atoms with van der Waals surface area (Å²) in [5.41, 5.74) is 2.01. The number of hydrogen-bond donors (Lipinski definition) is 1. The molecule has 1 aliphatic carbocycles. The van der Waals surface area contributed by atoms with E-state index in [1.165, 1.54) is 16.2 Å². The summed E-state index contributed by atoms with van der Waals surface area (Å²) in [4.78, 5) is 25.1. The van der Waals surface area contributed by atoms with E-state index < -0.39 is 11.9 Å². The fourth-order valence-electron chi connectivity index (χ4n) is 2.91. The average molecular weight is 354 g/mol. The molecule has 0 unspecified atom stereocenters. The van der Waals surface area contributed by atoms with Crippen LogP contribution in [0.5, 0.6) is 0 Å². The molecular weight excluding hydrogens is 336 g/mol. The summed E-state index contributed by atoms with van der Waals surface area (Å²) in [5.74, 6) is -0.393. The predicted octanol–water partition coefficient (Wildman–Crippen LogP) is 3.54. The van der Waals surface area contributed by atoms with Gasteiger partial charge in [-0.1, -0.05) is 25.1 Å². The highest BCUT2D eigenvalue weighted by molar-refractivity contribution is 7.16. The molecule has 6 heteroatoms. The third-order valence-electron chi connectivity index (χ3n) is 4.22. The number of ether oxygens (including phenoxy) is 1. The molecule has 1 N–H and O–H groups in total. The van der Waals surface area contributed by atoms with Crippen molar-refractivity contribution in [2.24, 2.45) is 5.92 Å². The van der Waals surface area contributed by atoms with Crippen LogP contribution in [0.1, 0.15) is 39.7 Å². The molecule has 0 spiro atoms. The Hall–Kier alpha value is -2.65. The Balaban J connectivity index is 1.64. The van der Waals surface area contributed by atoms with Gasteiger partial charge in [0.05, 0.1) is 11.1 Å². The van der Waals surface area contributed by atoms with Crippen molar-refractivity contribution in [3.63, 3.8) is 0 Å². The molecule has 5 nitrogen and oxygen atoms in total. The third-order valence-corrected chi connectivity index (χ3v) is 5.39. The molecule has 1 aromatic heterocycles. The van der Waals surface area contributed by atoms with E-state index in [1.54, 1.807) is 30.3 Å². The quantitative estimate of drug-likeness (QED) is 0.852. The number of hydrogen-bond acceptors (Lipinski definition) is 5. The molecule has 0 fully saturated rings. The van der Waals surface area contributed by atoms with Gasteiger partial charge in [0.25, 0.3) is 5.91 Å². The van der Waals surface area contributed by atoms with Crippen molar-refractivity contribution in [2.75, 3.05) is 11.9 Å². The van der Waals surface area contributed by atoms with Crippen molar-refractivity contribution < 1.29 is 14.3 Å². The van der Waals surface area contributed by atoms with Crippen molar-refractivity contribution in [3.05, 3.63) is 51.9 Å². The third kappa shape index (κ3) is 3.89. The molecule has 1 atom stereocenters. The van der Waals surface area contributed by atoms with E-state index in [2.05, 4.69) is 18.3 Å². The van der Waals surface area contributed by atoms with Gasteiger partial charge < -0.3 is 10.1 Å². The highest BCUT2D eigenvalue weighted by Gasteiger charge is 2.24. The number of esters is 1. The fraction of sp³-hybridized carbons (Fsp3) is 0.316. The average Bonchev–Trinajstić information content (AvgIpc) is 2.96. The number of amides is 1. The zero-order valence-electron chi connectivity index (χ0n) is 13.9. The minimum atomic E-state index is -0.546. The molecule has 0 saturated heterocycles. The Kier molecular flexibility index (Phi) is 5.15. The molecular formula is C19H18N2O3S. The first-order valence-corrected chi connectivity index (χ1v) is 8.96. The standard InChI is InChI=1S/C19H18N2O3S/c1-12-7-8-14-15(10-20)18(25-16(14)9-12)21-17(22)11-24-19(23)13-5-3-2-4-6-13/h2-6,12H,7-9,11H2,1H3,(H,21,22)/t12-/m1/s1. The topological polar surface area (TPSA) is 79.2 Å². The molecule has 128 valence electrons. The molecule has 0 radical (unpaired) electrons. The van der Waals surface area contributed by atoms with Gasteiger partial charge in [0.2, 0.25) is 0 Å². The van der Waals surface area contributed by atoms with Crippen molar-refractivity contribution in [1.82, 2.24) is 0 Å². The van der Waals surface area contributed by atoms with Crippen molar-refractivity contribution in [2.45, 2.75) is 26.2 Å². The number of anilines is 1. The van der Waals surface area contributed by atoms with Crippen LogP contribution in [-0.2, 0) is 22.4 Å². The van der Waals surface area contributed by atoms with Crippen molar-refractivity contribution in [3.8, 4) is 6.07 Å². The van der Waals surface area contributed by atoms with Crippen molar-refractivity contribution >= 4 is 28.2 Å². The van der Waals surface area contributed by atoms with E-state index in [1.807, 2.05) is 0 Å². The van der Waals surface area contributed by atoms with E-state index in [0.29, 0.717) is 22.0 Å². The zero-order chi connectivity index (χ0) is 17.8. The van der Waals surface area contributed by atoms with Crippen LogP contribution >= 0.6 is 11.3 Å². The summed E-state index contributed by atoms with van der Waals surface area (Å²) in [5, 5.41) is 12.7. The normalized spacial score (nSPS) is 15.8. The summed E-state index contributed by atoms with van der Waals surface area (Å²) in [6.07, 6.45) is 2.86. The number of carbonyl (C=O) groups is 2. The van der Waals surface area contributed by atoms with E-state index in [0.717, 1.165) is 24.8 Å². The molecule has 0 aliphatic heterocycles. The van der Waals surface area contributed by atoms with Gasteiger partial charge in [0.1, 0.15) is 11.1 Å². The van der Waals surface area contributed by atoms with Gasteiger partial charge in [-0.25, -0.2) is 4.79 Å². The number of thiophene rings is 1. The minimum absolute atomic E-state index is 0.377. The second-order valence-corrected chi connectivity index (χ2v) is 7.26. The molecule has 3 rings (SSSR count). The molecule has 0 bridgehead atoms. The van der Waals surface area contributed by atoms with Gasteiger partial charge in [0.15, 0.2) is 6.61 Å². The van der Waals surface area contributed by atoms with Gasteiger partial charge in [0, 0.05) is 4.88 Å². The lowest BCUT2D eigenvalue weighted by Gasteiger charge is -2.17. The van der Waals surface area contributed by atoms with E-state index in [9.17, 15) is 14.9 Å². The van der Waals surface area contributed by atoms with Gasteiger partial charge >= 0.3 is 5.97 Å². The second-order valence-electron chi connectivity index (χ2n) is 6.16. The van der Waals surface area contributed by atoms with Gasteiger partial charge in [-0.2, -0.15) is 5.26 Å². The maximum absolute atomic E-state index is 12.1. The number of rotatable bonds is 4. The summed E-state index contributed by atoms with van der Waals surface area (Å²) in [7, 11) is 0. The van der Waals surface area contributed by atoms with Crippen molar-refractivity contribution in [1.29, 1.82) is 5.26 Å². The van der Waals surface area contributed by atoms with Crippen LogP contribution in [0.25, 0.3) is 0 Å². The highest BCUT2D eigenvalue weighted by Crippen LogP contribution is 2.39. The summed E-state index contributed by atoms with van der Waals surface area (Å²) < 4.78 is 5.03. The summed E-state index contributed by atoms with van der Waals surface area (Å²) >= 11 is 1.45. The maximum Gasteiger partial charge on any atom is 0.338 e. The highest BCUT2D eigenvalue weighted by atomic mass is 32.1. The smallest absolute Gasteiger partial charge is 0.338 e. The first-order valence-electron chi connectivity index (χ1n) is 8.15. The number of nitrogens with one attached hydrogen (secondary N) is 1. The molecule has 0 saturated carbocycles. The SMILES string of the molecule is C[C@@H]1CCc2c(sc(NC(=O)COC(=O)c3ccccc3)c2C#N)C1. The lowest BCUT2D eigenvalue weighted by atomic mass is 9.89. The summed E-state index contributed by atoms with van der Waals surface area (Å²) in [6.45, 7) is 1.81. The van der Waals surface area contributed by atoms with E-state index >= 15 is 0 Å². The van der Waals surface area contributed by atoms with Gasteiger partial charge in [-0.05, 0) is 42.9 Å². The number of nitrogens with zero attached hydrogens (tertiary/aromatic N) is 1. The molecule has 2 aromatic rings. The Morgan fingerprint density at radius 2 is 2.12 bits per heavy atom. The molecule has 1 amide bonds. The largest absolute Gasteiger partial charge is 0.452 e. The Bertz CT molecular complexity index is 836. The van der Waals surface area contributed by atoms with Gasteiger partial charge in [-0.3, -0.25) is 4.79 Å². The second kappa shape index (κ2) is 7.49. The van der Waals surface area contributed by atoms with Crippen LogP contribution in [0.2, 0.25) is 0 Å². The van der Waals surface area contributed by atoms with Crippen LogP contribution in [0, 0.1) is 17.2 Å². The van der Waals surface area contributed by atoms with Crippen LogP contribution in [0.3, 0.4) is 0 Å². The maximum atomic E-state index is 12.1. The molecule has 1 aliphatic rings. The molecule has 25 heavy (non-hydrogen) atoms. The number of nitriles is 1. The number of carbonyl (C=O) groups excluding carboxylic acids is 2. The zero-order valence-corrected chi connectivity index (χ0v) is 14.7. The molecule has 1 heterocycles. The Morgan fingerprint density at radius 1 is 1.36 bits per heavy atom. The van der Waals surface area contributed by atoms with E-state index in [4.69, 9.17) is 4.74 Å². The van der Waals surface area contributed by atoms with Crippen LogP contribution in [-0.4, -0.2) is 18.5 Å². The minimum Gasteiger partial charge on any atom is -0.452 e. The van der Waals surface area contributed by atoms with Crippen LogP contribution < -0.4 is 5.32 Å².